The molecule has 0 aromatic heterocycles. The minimum Gasteiger partial charge on any atom is -0.457 e. The zero-order valence-corrected chi connectivity index (χ0v) is 21.8. The largest absolute Gasteiger partial charge is 0.457 e. The standard InChI is InChI=1S/C30H34ClN3O3/c31-29(35)28-22-33(19-20-34(28)30(36)24-7-3-1-4-8-24)25-15-17-32(18-16-25)21-23-11-13-27(14-12-23)37-26-9-5-2-6-10-26/h1-7,9-14,24-25,28H,8,15-22H2. The van der Waals surface area contributed by atoms with Gasteiger partial charge in [-0.1, -0.05) is 54.6 Å². The molecule has 0 radical (unpaired) electrons. The third-order valence-corrected chi connectivity index (χ3v) is 7.89. The lowest BCUT2D eigenvalue weighted by Crippen LogP contribution is -2.61. The first-order valence-corrected chi connectivity index (χ1v) is 13.6. The number of para-hydroxylation sites is 1. The van der Waals surface area contributed by atoms with Crippen molar-refractivity contribution < 1.29 is 14.3 Å². The molecule has 2 fully saturated rings. The summed E-state index contributed by atoms with van der Waals surface area (Å²) in [5.74, 6) is 1.49. The van der Waals surface area contributed by atoms with Gasteiger partial charge in [0.25, 0.3) is 0 Å². The second-order valence-corrected chi connectivity index (χ2v) is 10.4. The number of piperazine rings is 1. The molecule has 6 nitrogen and oxygen atoms in total. The number of nitrogens with zero attached hydrogens (tertiary/aromatic N) is 3. The predicted octanol–water partition coefficient (Wildman–Crippen LogP) is 4.85. The van der Waals surface area contributed by atoms with Crippen LogP contribution in [0.2, 0.25) is 0 Å². The molecule has 1 aliphatic carbocycles. The zero-order chi connectivity index (χ0) is 25.6. The Morgan fingerprint density at radius 1 is 0.892 bits per heavy atom. The molecular formula is C30H34ClN3O3. The highest BCUT2D eigenvalue weighted by molar-refractivity contribution is 6.64. The number of amides is 1. The molecule has 0 bridgehead atoms. The van der Waals surface area contributed by atoms with Gasteiger partial charge in [0.15, 0.2) is 0 Å². The molecule has 1 amide bonds. The van der Waals surface area contributed by atoms with Gasteiger partial charge in [0.05, 0.1) is 5.92 Å². The van der Waals surface area contributed by atoms with Gasteiger partial charge in [-0.2, -0.15) is 0 Å². The summed E-state index contributed by atoms with van der Waals surface area (Å²) in [4.78, 5) is 31.9. The van der Waals surface area contributed by atoms with Crippen LogP contribution in [0.25, 0.3) is 0 Å². The van der Waals surface area contributed by atoms with Crippen molar-refractivity contribution in [3.05, 3.63) is 84.5 Å². The topological polar surface area (TPSA) is 53.1 Å². The van der Waals surface area contributed by atoms with Gasteiger partial charge >= 0.3 is 0 Å². The van der Waals surface area contributed by atoms with E-state index in [9.17, 15) is 9.59 Å². The number of allylic oxidation sites excluding steroid dienone is 3. The van der Waals surface area contributed by atoms with E-state index in [-0.39, 0.29) is 11.8 Å². The van der Waals surface area contributed by atoms with Gasteiger partial charge in [-0.3, -0.25) is 19.4 Å². The van der Waals surface area contributed by atoms with Crippen LogP contribution in [0.15, 0.2) is 78.9 Å². The number of benzene rings is 2. The molecule has 2 atom stereocenters. The Hall–Kier alpha value is -2.93. The second-order valence-electron chi connectivity index (χ2n) is 10.1. The summed E-state index contributed by atoms with van der Waals surface area (Å²) >= 11 is 6.00. The van der Waals surface area contributed by atoms with Crippen molar-refractivity contribution in [2.45, 2.75) is 37.9 Å². The first-order valence-electron chi connectivity index (χ1n) is 13.2. The van der Waals surface area contributed by atoms with Crippen LogP contribution in [-0.4, -0.2) is 70.7 Å². The number of hydrogen-bond donors (Lipinski definition) is 0. The maximum atomic E-state index is 13.1. The molecular weight excluding hydrogens is 486 g/mol. The average Bonchev–Trinajstić information content (AvgIpc) is 2.95. The molecule has 2 aromatic rings. The van der Waals surface area contributed by atoms with Crippen molar-refractivity contribution in [1.82, 2.24) is 14.7 Å². The van der Waals surface area contributed by atoms with E-state index in [1.165, 1.54) is 5.56 Å². The fourth-order valence-corrected chi connectivity index (χ4v) is 5.75. The van der Waals surface area contributed by atoms with E-state index in [1.54, 1.807) is 4.90 Å². The molecule has 7 heteroatoms. The molecule has 5 rings (SSSR count). The van der Waals surface area contributed by atoms with E-state index in [1.807, 2.05) is 66.8 Å². The van der Waals surface area contributed by atoms with Crippen LogP contribution < -0.4 is 4.74 Å². The molecule has 3 aliphatic rings. The van der Waals surface area contributed by atoms with E-state index in [4.69, 9.17) is 16.3 Å². The quantitative estimate of drug-likeness (QED) is 0.489. The molecule has 2 aromatic carbocycles. The van der Waals surface area contributed by atoms with E-state index in [2.05, 4.69) is 21.9 Å². The number of likely N-dealkylation sites (tertiary alicyclic amines) is 1. The molecule has 2 saturated heterocycles. The lowest BCUT2D eigenvalue weighted by atomic mass is 9.96. The molecule has 0 saturated carbocycles. The van der Waals surface area contributed by atoms with Gasteiger partial charge in [0.2, 0.25) is 11.1 Å². The van der Waals surface area contributed by atoms with Gasteiger partial charge in [-0.25, -0.2) is 0 Å². The van der Waals surface area contributed by atoms with Crippen molar-refractivity contribution in [3.63, 3.8) is 0 Å². The average molecular weight is 520 g/mol. The smallest absolute Gasteiger partial charge is 0.245 e. The number of carbonyl (C=O) groups is 2. The van der Waals surface area contributed by atoms with E-state index >= 15 is 0 Å². The highest BCUT2D eigenvalue weighted by Gasteiger charge is 2.39. The summed E-state index contributed by atoms with van der Waals surface area (Å²) in [5, 5.41) is -0.439. The number of piperidine rings is 1. The Morgan fingerprint density at radius 3 is 2.30 bits per heavy atom. The van der Waals surface area contributed by atoms with Crippen molar-refractivity contribution in [1.29, 1.82) is 0 Å². The van der Waals surface area contributed by atoms with Crippen LogP contribution in [0.3, 0.4) is 0 Å². The summed E-state index contributed by atoms with van der Waals surface area (Å²) in [6, 6.07) is 18.0. The van der Waals surface area contributed by atoms with Crippen molar-refractivity contribution in [2.75, 3.05) is 32.7 Å². The Labute approximate surface area is 224 Å². The molecule has 0 spiro atoms. The number of ether oxygens (including phenoxy) is 1. The second kappa shape index (κ2) is 12.1. The Morgan fingerprint density at radius 2 is 1.62 bits per heavy atom. The van der Waals surface area contributed by atoms with Crippen molar-refractivity contribution in [2.24, 2.45) is 5.92 Å². The van der Waals surface area contributed by atoms with Gasteiger partial charge in [0.1, 0.15) is 17.5 Å². The van der Waals surface area contributed by atoms with Crippen LogP contribution >= 0.6 is 11.6 Å². The maximum Gasteiger partial charge on any atom is 0.245 e. The Balaban J connectivity index is 1.11. The number of hydrogen-bond acceptors (Lipinski definition) is 5. The summed E-state index contributed by atoms with van der Waals surface area (Å²) in [7, 11) is 0. The van der Waals surface area contributed by atoms with E-state index < -0.39 is 11.3 Å². The van der Waals surface area contributed by atoms with Crippen LogP contribution in [0.1, 0.15) is 24.8 Å². The Kier molecular flexibility index (Phi) is 8.39. The molecule has 2 aliphatic heterocycles. The number of halogens is 1. The lowest BCUT2D eigenvalue weighted by molar-refractivity contribution is -0.143. The minimum absolute atomic E-state index is 0.00857. The van der Waals surface area contributed by atoms with Crippen LogP contribution in [0.4, 0.5) is 0 Å². The van der Waals surface area contributed by atoms with Crippen LogP contribution in [-0.2, 0) is 16.1 Å². The first kappa shape index (κ1) is 25.7. The summed E-state index contributed by atoms with van der Waals surface area (Å²) in [5.41, 5.74) is 1.27. The van der Waals surface area contributed by atoms with Gasteiger partial charge in [-0.15, -0.1) is 0 Å². The third kappa shape index (κ3) is 6.50. The van der Waals surface area contributed by atoms with E-state index in [0.717, 1.165) is 50.5 Å². The molecule has 37 heavy (non-hydrogen) atoms. The zero-order valence-electron chi connectivity index (χ0n) is 21.0. The minimum atomic E-state index is -0.572. The normalized spacial score (nSPS) is 23.2. The Bertz CT molecular complexity index is 1130. The summed E-state index contributed by atoms with van der Waals surface area (Å²) < 4.78 is 5.90. The fraction of sp³-hybridized carbons (Fsp3) is 0.400. The van der Waals surface area contributed by atoms with Gasteiger partial charge in [-0.05, 0) is 73.8 Å². The van der Waals surface area contributed by atoms with Crippen LogP contribution in [0, 0.1) is 5.92 Å². The monoisotopic (exact) mass is 519 g/mol. The van der Waals surface area contributed by atoms with Crippen LogP contribution in [0.5, 0.6) is 11.5 Å². The number of carbonyl (C=O) groups excluding carboxylic acids is 2. The summed E-state index contributed by atoms with van der Waals surface area (Å²) in [6.07, 6.45) is 10.5. The fourth-order valence-electron chi connectivity index (χ4n) is 5.56. The SMILES string of the molecule is O=C(Cl)C1CN(C2CCN(Cc3ccc(Oc4ccccc4)cc3)CC2)CCN1C(=O)C1C=CC=CC1. The van der Waals surface area contributed by atoms with Crippen molar-refractivity contribution in [3.8, 4) is 11.5 Å². The summed E-state index contributed by atoms with van der Waals surface area (Å²) in [6.45, 7) is 4.77. The molecule has 0 N–H and O–H groups in total. The van der Waals surface area contributed by atoms with Gasteiger partial charge < -0.3 is 9.64 Å². The first-order chi connectivity index (χ1) is 18.1. The third-order valence-electron chi connectivity index (χ3n) is 7.64. The maximum absolute atomic E-state index is 13.1. The number of rotatable bonds is 7. The van der Waals surface area contributed by atoms with Crippen molar-refractivity contribution >= 4 is 22.8 Å². The highest BCUT2D eigenvalue weighted by atomic mass is 35.5. The lowest BCUT2D eigenvalue weighted by Gasteiger charge is -2.46. The molecule has 2 unspecified atom stereocenters. The highest BCUT2D eigenvalue weighted by Crippen LogP contribution is 2.26. The predicted molar refractivity (Wildman–Crippen MR) is 146 cm³/mol. The molecule has 194 valence electrons. The molecule has 2 heterocycles. The van der Waals surface area contributed by atoms with Gasteiger partial charge in [0, 0.05) is 32.2 Å². The van der Waals surface area contributed by atoms with E-state index in [0.29, 0.717) is 25.6 Å².